The number of hydrogen-bond acceptors (Lipinski definition) is 6. The lowest BCUT2D eigenvalue weighted by Gasteiger charge is -2.26. The van der Waals surface area contributed by atoms with E-state index < -0.39 is 16.8 Å². The lowest BCUT2D eigenvalue weighted by atomic mass is 9.95. The molecule has 0 bridgehead atoms. The topological polar surface area (TPSA) is 72.5 Å². The lowest BCUT2D eigenvalue weighted by Crippen LogP contribution is -2.38. The average Bonchev–Trinajstić information content (AvgIpc) is 3.32. The number of rotatable bonds is 8. The molecule has 0 spiro atoms. The Kier molecular flexibility index (Phi) is 7.41. The fourth-order valence-corrected chi connectivity index (χ4v) is 5.05. The van der Waals surface area contributed by atoms with E-state index in [9.17, 15) is 8.60 Å². The third kappa shape index (κ3) is 5.29. The molecule has 0 fully saturated rings. The van der Waals surface area contributed by atoms with Gasteiger partial charge >= 0.3 is 0 Å². The Morgan fingerprint density at radius 3 is 2.88 bits per heavy atom. The van der Waals surface area contributed by atoms with Crippen LogP contribution in [0.3, 0.4) is 0 Å². The fourth-order valence-electron chi connectivity index (χ4n) is 3.34. The lowest BCUT2D eigenvalue weighted by molar-refractivity contribution is 0.287. The Morgan fingerprint density at radius 2 is 2.16 bits per heavy atom. The maximum atomic E-state index is 14.7. The molecule has 2 N–H and O–H groups in total. The van der Waals surface area contributed by atoms with Gasteiger partial charge in [-0.2, -0.15) is 0 Å². The summed E-state index contributed by atoms with van der Waals surface area (Å²) in [5, 5.41) is 5.29. The predicted octanol–water partition coefficient (Wildman–Crippen LogP) is 4.90. The van der Waals surface area contributed by atoms with Crippen LogP contribution >= 0.6 is 22.9 Å². The van der Waals surface area contributed by atoms with Gasteiger partial charge in [0.15, 0.2) is 11.0 Å². The van der Waals surface area contributed by atoms with Gasteiger partial charge in [-0.1, -0.05) is 29.8 Å². The van der Waals surface area contributed by atoms with E-state index in [1.54, 1.807) is 18.0 Å². The van der Waals surface area contributed by atoms with Gasteiger partial charge in [0.25, 0.3) is 0 Å². The van der Waals surface area contributed by atoms with Crippen molar-refractivity contribution in [3.63, 3.8) is 0 Å². The average molecular weight is 494 g/mol. The van der Waals surface area contributed by atoms with Crippen molar-refractivity contribution in [1.29, 1.82) is 0 Å². The van der Waals surface area contributed by atoms with Crippen LogP contribution in [0.25, 0.3) is 5.57 Å². The quantitative estimate of drug-likeness (QED) is 0.467. The highest BCUT2D eigenvalue weighted by molar-refractivity contribution is 7.86. The molecular weight excluding hydrogens is 473 g/mol. The molecular formula is C22H21ClFN3O3S2. The summed E-state index contributed by atoms with van der Waals surface area (Å²) >= 11 is 7.66. The standard InChI is InChI=1S/C22H21ClFN3O3S2/c1-29-15-6-4-14(5-7-15)16-3-2-8-25-19(16)11-30-20-10-18(24)21(9-17(20)23)32(28)27-22-12-31-13-26-22/h3-7,9-10,12-13,19,25,27H,2,8,11H2,1H3. The van der Waals surface area contributed by atoms with Gasteiger partial charge in [-0.15, -0.1) is 11.3 Å². The normalized spacial score (nSPS) is 16.8. The molecule has 3 aromatic rings. The second-order valence-corrected chi connectivity index (χ2v) is 9.26. The third-order valence-corrected chi connectivity index (χ3v) is 6.91. The number of thiazole rings is 1. The number of benzene rings is 2. The molecule has 1 aliphatic heterocycles. The molecule has 10 heteroatoms. The van der Waals surface area contributed by atoms with Gasteiger partial charge in [0.05, 0.1) is 28.6 Å². The number of aromatic nitrogens is 1. The van der Waals surface area contributed by atoms with E-state index in [4.69, 9.17) is 21.1 Å². The van der Waals surface area contributed by atoms with Gasteiger partial charge in [0.2, 0.25) is 0 Å². The summed E-state index contributed by atoms with van der Waals surface area (Å²) in [6.45, 7) is 1.08. The highest BCUT2D eigenvalue weighted by atomic mass is 35.5. The summed E-state index contributed by atoms with van der Waals surface area (Å²) in [5.41, 5.74) is 3.75. The van der Waals surface area contributed by atoms with Crippen LogP contribution in [-0.2, 0) is 11.0 Å². The van der Waals surface area contributed by atoms with E-state index in [0.29, 0.717) is 5.82 Å². The number of nitrogens with one attached hydrogen (secondary N) is 2. The first-order chi connectivity index (χ1) is 15.5. The van der Waals surface area contributed by atoms with Crippen LogP contribution in [0.15, 0.2) is 58.3 Å². The number of methoxy groups -OCH3 is 1. The molecule has 0 radical (unpaired) electrons. The molecule has 168 valence electrons. The molecule has 2 aromatic carbocycles. The van der Waals surface area contributed by atoms with Gasteiger partial charge in [0.1, 0.15) is 29.7 Å². The molecule has 2 atom stereocenters. The molecule has 0 saturated carbocycles. The Morgan fingerprint density at radius 1 is 1.34 bits per heavy atom. The minimum atomic E-state index is -1.84. The fraction of sp³-hybridized carbons (Fsp3) is 0.227. The summed E-state index contributed by atoms with van der Waals surface area (Å²) in [7, 11) is -0.206. The number of nitrogens with zero attached hydrogens (tertiary/aromatic N) is 1. The van der Waals surface area contributed by atoms with Gasteiger partial charge in [-0.05, 0) is 42.3 Å². The van der Waals surface area contributed by atoms with Crippen LogP contribution in [0, 0.1) is 5.82 Å². The molecule has 32 heavy (non-hydrogen) atoms. The zero-order chi connectivity index (χ0) is 22.5. The Hall–Kier alpha value is -2.46. The largest absolute Gasteiger partial charge is 0.497 e. The van der Waals surface area contributed by atoms with E-state index in [1.165, 1.54) is 17.4 Å². The minimum Gasteiger partial charge on any atom is -0.497 e. The highest BCUT2D eigenvalue weighted by Crippen LogP contribution is 2.31. The van der Waals surface area contributed by atoms with Gasteiger partial charge in [-0.25, -0.2) is 13.6 Å². The first-order valence-electron chi connectivity index (χ1n) is 9.81. The SMILES string of the molecule is COc1ccc(C2=CCCNC2COc2cc(F)c(S(=O)Nc3cscn3)cc2Cl)cc1. The van der Waals surface area contributed by atoms with E-state index in [-0.39, 0.29) is 28.3 Å². The summed E-state index contributed by atoms with van der Waals surface area (Å²) < 4.78 is 40.8. The van der Waals surface area contributed by atoms with Crippen LogP contribution in [0.1, 0.15) is 12.0 Å². The monoisotopic (exact) mass is 493 g/mol. The first-order valence-corrected chi connectivity index (χ1v) is 12.3. The van der Waals surface area contributed by atoms with E-state index in [1.807, 2.05) is 24.3 Å². The maximum Gasteiger partial charge on any atom is 0.154 e. The summed E-state index contributed by atoms with van der Waals surface area (Å²) in [6.07, 6.45) is 3.07. The summed E-state index contributed by atoms with van der Waals surface area (Å²) in [6, 6.07) is 10.2. The Labute approximate surface area is 197 Å². The molecule has 0 aliphatic carbocycles. The maximum absolute atomic E-state index is 14.7. The minimum absolute atomic E-state index is 0.0649. The summed E-state index contributed by atoms with van der Waals surface area (Å²) in [5.74, 6) is 0.716. The molecule has 1 aliphatic rings. The Bertz CT molecular complexity index is 1120. The van der Waals surface area contributed by atoms with E-state index in [2.05, 4.69) is 21.1 Å². The molecule has 0 saturated heterocycles. The number of halogens is 2. The van der Waals surface area contributed by atoms with Crippen molar-refractivity contribution in [3.8, 4) is 11.5 Å². The van der Waals surface area contributed by atoms with Crippen molar-refractivity contribution in [2.45, 2.75) is 17.4 Å². The summed E-state index contributed by atoms with van der Waals surface area (Å²) in [4.78, 5) is 3.92. The number of hydrogen-bond donors (Lipinski definition) is 2. The van der Waals surface area contributed by atoms with Gasteiger partial charge in [0, 0.05) is 11.4 Å². The molecule has 6 nitrogen and oxygen atoms in total. The molecule has 1 aromatic heterocycles. The van der Waals surface area contributed by atoms with E-state index >= 15 is 0 Å². The third-order valence-electron chi connectivity index (χ3n) is 4.92. The first kappa shape index (κ1) is 22.7. The van der Waals surface area contributed by atoms with Crippen LogP contribution in [-0.4, -0.2) is 35.5 Å². The zero-order valence-electron chi connectivity index (χ0n) is 17.1. The van der Waals surface area contributed by atoms with Crippen LogP contribution in [0.5, 0.6) is 11.5 Å². The van der Waals surface area contributed by atoms with Gasteiger partial charge in [-0.3, -0.25) is 4.72 Å². The molecule has 2 heterocycles. The highest BCUT2D eigenvalue weighted by Gasteiger charge is 2.21. The number of ether oxygens (including phenoxy) is 2. The van der Waals surface area contributed by atoms with Gasteiger partial charge < -0.3 is 14.8 Å². The molecule has 4 rings (SSSR count). The van der Waals surface area contributed by atoms with Crippen molar-refractivity contribution in [2.24, 2.45) is 0 Å². The van der Waals surface area contributed by atoms with Crippen molar-refractivity contribution in [1.82, 2.24) is 10.3 Å². The smallest absolute Gasteiger partial charge is 0.154 e. The Balaban J connectivity index is 1.46. The van der Waals surface area contributed by atoms with Crippen molar-refractivity contribution >= 4 is 45.3 Å². The molecule has 0 amide bonds. The van der Waals surface area contributed by atoms with Crippen LogP contribution in [0.4, 0.5) is 10.2 Å². The molecule has 2 unspecified atom stereocenters. The van der Waals surface area contributed by atoms with E-state index in [0.717, 1.165) is 35.9 Å². The predicted molar refractivity (Wildman–Crippen MR) is 126 cm³/mol. The number of anilines is 1. The second kappa shape index (κ2) is 10.4. The van der Waals surface area contributed by atoms with Crippen molar-refractivity contribution in [3.05, 3.63) is 69.8 Å². The van der Waals surface area contributed by atoms with Crippen LogP contribution < -0.4 is 19.5 Å². The van der Waals surface area contributed by atoms with Crippen molar-refractivity contribution in [2.75, 3.05) is 25.0 Å². The zero-order valence-corrected chi connectivity index (χ0v) is 19.5. The van der Waals surface area contributed by atoms with Crippen LogP contribution in [0.2, 0.25) is 5.02 Å². The second-order valence-electron chi connectivity index (χ2n) is 6.95. The van der Waals surface area contributed by atoms with Crippen molar-refractivity contribution < 1.29 is 18.1 Å².